The van der Waals surface area contributed by atoms with Gasteiger partial charge >= 0.3 is 5.69 Å². The predicted octanol–water partition coefficient (Wildman–Crippen LogP) is 1.08. The summed E-state index contributed by atoms with van der Waals surface area (Å²) >= 11 is 0. The summed E-state index contributed by atoms with van der Waals surface area (Å²) < 4.78 is 1.65. The first kappa shape index (κ1) is 13.8. The normalized spacial score (nSPS) is 19.7. The third kappa shape index (κ3) is 2.56. The minimum absolute atomic E-state index is 0.168. The van der Waals surface area contributed by atoms with Gasteiger partial charge in [0.25, 0.3) is 0 Å². The SMILES string of the molecule is CCc1nn(C)c(N2CCCC(NC)C2)c1[N+](=O)[O-]. The van der Waals surface area contributed by atoms with Gasteiger partial charge in [-0.3, -0.25) is 10.1 Å². The molecule has 0 saturated carbocycles. The van der Waals surface area contributed by atoms with Gasteiger partial charge < -0.3 is 10.2 Å². The Morgan fingerprint density at radius 3 is 2.89 bits per heavy atom. The molecule has 0 aliphatic carbocycles. The smallest absolute Gasteiger partial charge is 0.334 e. The molecule has 1 aromatic rings. The molecule has 1 atom stereocenters. The second kappa shape index (κ2) is 5.56. The van der Waals surface area contributed by atoms with Crippen LogP contribution in [0.4, 0.5) is 11.5 Å². The van der Waals surface area contributed by atoms with E-state index < -0.39 is 0 Å². The van der Waals surface area contributed by atoms with Crippen molar-refractivity contribution in [1.82, 2.24) is 15.1 Å². The summed E-state index contributed by atoms with van der Waals surface area (Å²) in [6.07, 6.45) is 2.72. The zero-order chi connectivity index (χ0) is 14.0. The molecule has 1 fully saturated rings. The van der Waals surface area contributed by atoms with E-state index in [1.165, 1.54) is 0 Å². The molecule has 1 N–H and O–H groups in total. The second-order valence-corrected chi connectivity index (χ2v) is 4.93. The molecule has 0 amide bonds. The largest absolute Gasteiger partial charge is 0.350 e. The number of aryl methyl sites for hydroxylation is 2. The third-order valence-electron chi connectivity index (χ3n) is 3.71. The van der Waals surface area contributed by atoms with Crippen molar-refractivity contribution in [2.75, 3.05) is 25.0 Å². The average molecular weight is 267 g/mol. The number of aromatic nitrogens is 2. The van der Waals surface area contributed by atoms with Crippen LogP contribution in [0, 0.1) is 10.1 Å². The van der Waals surface area contributed by atoms with E-state index >= 15 is 0 Å². The molecule has 0 radical (unpaired) electrons. The molecule has 7 heteroatoms. The topological polar surface area (TPSA) is 76.2 Å². The van der Waals surface area contributed by atoms with Crippen LogP contribution in [-0.2, 0) is 13.5 Å². The minimum atomic E-state index is -0.301. The highest BCUT2D eigenvalue weighted by Crippen LogP contribution is 2.33. The molecule has 1 unspecified atom stereocenters. The number of nitrogens with zero attached hydrogens (tertiary/aromatic N) is 4. The average Bonchev–Trinajstić information content (AvgIpc) is 2.75. The van der Waals surface area contributed by atoms with Gasteiger partial charge in [0, 0.05) is 26.2 Å². The van der Waals surface area contributed by atoms with Crippen molar-refractivity contribution in [2.45, 2.75) is 32.2 Å². The molecule has 0 bridgehead atoms. The first-order chi connectivity index (χ1) is 9.08. The number of rotatable bonds is 4. The van der Waals surface area contributed by atoms with Gasteiger partial charge in [-0.2, -0.15) is 5.10 Å². The number of nitro groups is 1. The summed E-state index contributed by atoms with van der Waals surface area (Å²) in [4.78, 5) is 13.1. The van der Waals surface area contributed by atoms with Crippen molar-refractivity contribution in [2.24, 2.45) is 7.05 Å². The van der Waals surface area contributed by atoms with Gasteiger partial charge in [-0.25, -0.2) is 4.68 Å². The van der Waals surface area contributed by atoms with E-state index in [1.54, 1.807) is 11.7 Å². The van der Waals surface area contributed by atoms with E-state index in [2.05, 4.69) is 15.3 Å². The maximum Gasteiger partial charge on any atom is 0.334 e. The van der Waals surface area contributed by atoms with Gasteiger partial charge in [0.1, 0.15) is 5.69 Å². The molecule has 1 aliphatic heterocycles. The van der Waals surface area contributed by atoms with Crippen LogP contribution in [0.1, 0.15) is 25.5 Å². The Bertz CT molecular complexity index is 471. The highest BCUT2D eigenvalue weighted by molar-refractivity contribution is 5.62. The Labute approximate surface area is 112 Å². The van der Waals surface area contributed by atoms with Crippen molar-refractivity contribution in [3.8, 4) is 0 Å². The maximum absolute atomic E-state index is 11.3. The molecule has 7 nitrogen and oxygen atoms in total. The Hall–Kier alpha value is -1.63. The summed E-state index contributed by atoms with van der Waals surface area (Å²) in [5.41, 5.74) is 0.732. The maximum atomic E-state index is 11.3. The van der Waals surface area contributed by atoms with Crippen LogP contribution < -0.4 is 10.2 Å². The Balaban J connectivity index is 2.38. The van der Waals surface area contributed by atoms with Crippen molar-refractivity contribution >= 4 is 11.5 Å². The fraction of sp³-hybridized carbons (Fsp3) is 0.750. The van der Waals surface area contributed by atoms with Gasteiger partial charge in [0.05, 0.1) is 4.92 Å². The Kier molecular flexibility index (Phi) is 4.04. The standard InChI is InChI=1S/C12H21N5O2/c1-4-10-11(17(18)19)12(15(3)14-10)16-7-5-6-9(8-16)13-2/h9,13H,4-8H2,1-3H3. The molecule has 0 aromatic carbocycles. The van der Waals surface area contributed by atoms with Crippen molar-refractivity contribution in [1.29, 1.82) is 0 Å². The minimum Gasteiger partial charge on any atom is -0.350 e. The van der Waals surface area contributed by atoms with E-state index in [4.69, 9.17) is 0 Å². The summed E-state index contributed by atoms with van der Waals surface area (Å²) in [6.45, 7) is 3.54. The fourth-order valence-electron chi connectivity index (χ4n) is 2.74. The molecule has 106 valence electrons. The van der Waals surface area contributed by atoms with E-state index in [0.29, 0.717) is 24.0 Å². The van der Waals surface area contributed by atoms with Gasteiger partial charge in [0.15, 0.2) is 0 Å². The predicted molar refractivity (Wildman–Crippen MR) is 73.5 cm³/mol. The molecule has 2 rings (SSSR count). The van der Waals surface area contributed by atoms with Crippen LogP contribution in [0.15, 0.2) is 0 Å². The molecular formula is C12H21N5O2. The zero-order valence-corrected chi connectivity index (χ0v) is 11.7. The van der Waals surface area contributed by atoms with Crippen LogP contribution in [-0.4, -0.2) is 40.9 Å². The lowest BCUT2D eigenvalue weighted by molar-refractivity contribution is -0.384. The van der Waals surface area contributed by atoms with Gasteiger partial charge in [-0.15, -0.1) is 0 Å². The van der Waals surface area contributed by atoms with Crippen molar-refractivity contribution in [3.05, 3.63) is 15.8 Å². The highest BCUT2D eigenvalue weighted by Gasteiger charge is 2.31. The van der Waals surface area contributed by atoms with Gasteiger partial charge in [-0.1, -0.05) is 6.92 Å². The lowest BCUT2D eigenvalue weighted by Gasteiger charge is -2.33. The van der Waals surface area contributed by atoms with Gasteiger partial charge in [-0.05, 0) is 26.3 Å². The molecule has 0 spiro atoms. The number of anilines is 1. The lowest BCUT2D eigenvalue weighted by Crippen LogP contribution is -2.45. The lowest BCUT2D eigenvalue weighted by atomic mass is 10.1. The third-order valence-corrected chi connectivity index (χ3v) is 3.71. The quantitative estimate of drug-likeness (QED) is 0.652. The number of hydrogen-bond acceptors (Lipinski definition) is 5. The summed E-state index contributed by atoms with van der Waals surface area (Å²) in [5, 5.41) is 18.9. The fourth-order valence-corrected chi connectivity index (χ4v) is 2.74. The molecule has 1 saturated heterocycles. The molecule has 1 aromatic heterocycles. The number of piperidine rings is 1. The monoisotopic (exact) mass is 267 g/mol. The van der Waals surface area contributed by atoms with Crippen LogP contribution in [0.5, 0.6) is 0 Å². The Morgan fingerprint density at radius 2 is 2.32 bits per heavy atom. The van der Waals surface area contributed by atoms with Crippen molar-refractivity contribution < 1.29 is 4.92 Å². The zero-order valence-electron chi connectivity index (χ0n) is 11.7. The first-order valence-electron chi connectivity index (χ1n) is 6.71. The summed E-state index contributed by atoms with van der Waals surface area (Å²) in [6, 6.07) is 0.383. The first-order valence-corrected chi connectivity index (χ1v) is 6.71. The second-order valence-electron chi connectivity index (χ2n) is 4.93. The molecule has 19 heavy (non-hydrogen) atoms. The van der Waals surface area contributed by atoms with E-state index in [1.807, 2.05) is 14.0 Å². The van der Waals surface area contributed by atoms with E-state index in [9.17, 15) is 10.1 Å². The number of nitrogens with one attached hydrogen (secondary N) is 1. The van der Waals surface area contributed by atoms with Crippen LogP contribution >= 0.6 is 0 Å². The van der Waals surface area contributed by atoms with Crippen LogP contribution in [0.2, 0.25) is 0 Å². The molecular weight excluding hydrogens is 246 g/mol. The number of hydrogen-bond donors (Lipinski definition) is 1. The summed E-state index contributed by atoms with van der Waals surface area (Å²) in [7, 11) is 3.72. The Morgan fingerprint density at radius 1 is 1.58 bits per heavy atom. The number of likely N-dealkylation sites (N-methyl/N-ethyl adjacent to an activating group) is 1. The van der Waals surface area contributed by atoms with Crippen LogP contribution in [0.3, 0.4) is 0 Å². The highest BCUT2D eigenvalue weighted by atomic mass is 16.6. The van der Waals surface area contributed by atoms with E-state index in [-0.39, 0.29) is 10.6 Å². The molecule has 1 aliphatic rings. The summed E-state index contributed by atoms with van der Waals surface area (Å²) in [5.74, 6) is 0.641. The van der Waals surface area contributed by atoms with E-state index in [0.717, 1.165) is 25.9 Å². The van der Waals surface area contributed by atoms with Crippen LogP contribution in [0.25, 0.3) is 0 Å². The van der Waals surface area contributed by atoms with Gasteiger partial charge in [0.2, 0.25) is 5.82 Å². The van der Waals surface area contributed by atoms with Crippen molar-refractivity contribution in [3.63, 3.8) is 0 Å². The molecule has 2 heterocycles.